The number of para-hydroxylation sites is 2. The van der Waals surface area contributed by atoms with Crippen LogP contribution in [0.5, 0.6) is 11.5 Å². The van der Waals surface area contributed by atoms with Gasteiger partial charge in [-0.05, 0) is 43.3 Å². The van der Waals surface area contributed by atoms with Crippen LogP contribution in [0.25, 0.3) is 11.0 Å². The maximum atomic E-state index is 12.1. The molecule has 1 atom stereocenters. The summed E-state index contributed by atoms with van der Waals surface area (Å²) in [7, 11) is 1.61. The topological polar surface area (TPSA) is 76.2 Å². The van der Waals surface area contributed by atoms with Crippen molar-refractivity contribution in [1.29, 1.82) is 0 Å². The summed E-state index contributed by atoms with van der Waals surface area (Å²) >= 11 is 0. The highest BCUT2D eigenvalue weighted by Gasteiger charge is 2.14. The maximum absolute atomic E-state index is 12.1. The zero-order chi connectivity index (χ0) is 17.6. The Hall–Kier alpha value is -3.02. The van der Waals surface area contributed by atoms with Crippen LogP contribution in [-0.2, 0) is 11.2 Å². The molecule has 2 N–H and O–H groups in total. The summed E-state index contributed by atoms with van der Waals surface area (Å²) < 4.78 is 10.7. The molecule has 0 spiro atoms. The van der Waals surface area contributed by atoms with E-state index in [1.54, 1.807) is 38.3 Å². The second-order valence-electron chi connectivity index (χ2n) is 5.68. The Morgan fingerprint density at radius 3 is 2.60 bits per heavy atom. The second-order valence-corrected chi connectivity index (χ2v) is 5.68. The molecule has 0 fully saturated rings. The van der Waals surface area contributed by atoms with E-state index in [4.69, 9.17) is 9.47 Å². The summed E-state index contributed by atoms with van der Waals surface area (Å²) in [5.74, 6) is 2.06. The summed E-state index contributed by atoms with van der Waals surface area (Å²) in [5, 5.41) is 2.87. The molecule has 3 aromatic rings. The van der Waals surface area contributed by atoms with E-state index in [-0.39, 0.29) is 5.91 Å². The maximum Gasteiger partial charge on any atom is 0.260 e. The van der Waals surface area contributed by atoms with Crippen molar-refractivity contribution < 1.29 is 14.3 Å². The molecule has 0 unspecified atom stereocenters. The number of nitrogens with one attached hydrogen (secondary N) is 2. The zero-order valence-electron chi connectivity index (χ0n) is 14.3. The Labute approximate surface area is 146 Å². The third-order valence-corrected chi connectivity index (χ3v) is 3.84. The van der Waals surface area contributed by atoms with Crippen LogP contribution in [0.4, 0.5) is 0 Å². The molecule has 1 heterocycles. The molecule has 0 saturated carbocycles. The fraction of sp³-hybridized carbons (Fsp3) is 0.263. The molecule has 0 radical (unpaired) electrons. The van der Waals surface area contributed by atoms with Crippen LogP contribution in [0.1, 0.15) is 12.7 Å². The van der Waals surface area contributed by atoms with Gasteiger partial charge in [0.1, 0.15) is 17.3 Å². The van der Waals surface area contributed by atoms with E-state index >= 15 is 0 Å². The largest absolute Gasteiger partial charge is 0.497 e. The fourth-order valence-corrected chi connectivity index (χ4v) is 2.48. The number of methoxy groups -OCH3 is 1. The van der Waals surface area contributed by atoms with Crippen molar-refractivity contribution in [2.45, 2.75) is 19.4 Å². The van der Waals surface area contributed by atoms with Crippen molar-refractivity contribution in [2.24, 2.45) is 0 Å². The molecule has 25 heavy (non-hydrogen) atoms. The number of benzene rings is 2. The molecule has 1 aromatic heterocycles. The third kappa shape index (κ3) is 4.29. The lowest BCUT2D eigenvalue weighted by Crippen LogP contribution is -2.37. The molecule has 0 bridgehead atoms. The van der Waals surface area contributed by atoms with Gasteiger partial charge in [-0.3, -0.25) is 4.79 Å². The van der Waals surface area contributed by atoms with Gasteiger partial charge in [-0.2, -0.15) is 0 Å². The van der Waals surface area contributed by atoms with Crippen molar-refractivity contribution >= 4 is 16.9 Å². The van der Waals surface area contributed by atoms with Crippen molar-refractivity contribution in [1.82, 2.24) is 15.3 Å². The van der Waals surface area contributed by atoms with Crippen LogP contribution in [-0.4, -0.2) is 35.6 Å². The standard InChI is InChI=1S/C19H21N3O3/c1-13(25-15-9-7-14(24-2)8-10-15)19(23)20-12-11-18-21-16-5-3-4-6-17(16)22-18/h3-10,13H,11-12H2,1-2H3,(H,20,23)(H,21,22)/t13-/m1/s1. The van der Waals surface area contributed by atoms with E-state index in [9.17, 15) is 4.79 Å². The van der Waals surface area contributed by atoms with E-state index < -0.39 is 6.10 Å². The minimum Gasteiger partial charge on any atom is -0.497 e. The minimum absolute atomic E-state index is 0.160. The quantitative estimate of drug-likeness (QED) is 0.694. The first kappa shape index (κ1) is 16.8. The van der Waals surface area contributed by atoms with Crippen molar-refractivity contribution in [3.63, 3.8) is 0 Å². The average Bonchev–Trinajstić information content (AvgIpc) is 3.05. The molecule has 1 amide bonds. The monoisotopic (exact) mass is 339 g/mol. The first-order valence-corrected chi connectivity index (χ1v) is 8.18. The summed E-state index contributed by atoms with van der Waals surface area (Å²) in [6.45, 7) is 2.22. The number of fused-ring (bicyclic) bond motifs is 1. The fourth-order valence-electron chi connectivity index (χ4n) is 2.48. The first-order valence-electron chi connectivity index (χ1n) is 8.18. The van der Waals surface area contributed by atoms with Gasteiger partial charge in [0.25, 0.3) is 5.91 Å². The number of H-pyrrole nitrogens is 1. The number of hydrogen-bond acceptors (Lipinski definition) is 4. The highest BCUT2D eigenvalue weighted by molar-refractivity contribution is 5.80. The van der Waals surface area contributed by atoms with Gasteiger partial charge in [-0.1, -0.05) is 12.1 Å². The minimum atomic E-state index is -0.580. The number of imidazole rings is 1. The van der Waals surface area contributed by atoms with Gasteiger partial charge in [-0.25, -0.2) is 4.98 Å². The van der Waals surface area contributed by atoms with Crippen LogP contribution < -0.4 is 14.8 Å². The molecule has 6 nitrogen and oxygen atoms in total. The highest BCUT2D eigenvalue weighted by atomic mass is 16.5. The summed E-state index contributed by atoms with van der Waals surface area (Å²) in [4.78, 5) is 19.9. The van der Waals surface area contributed by atoms with Gasteiger partial charge in [0, 0.05) is 13.0 Å². The number of carbonyl (C=O) groups is 1. The van der Waals surface area contributed by atoms with E-state index in [0.29, 0.717) is 18.7 Å². The molecule has 2 aromatic carbocycles. The molecule has 6 heteroatoms. The lowest BCUT2D eigenvalue weighted by Gasteiger charge is -2.14. The molecule has 130 valence electrons. The number of carbonyl (C=O) groups excluding carboxylic acids is 1. The van der Waals surface area contributed by atoms with Crippen LogP contribution >= 0.6 is 0 Å². The Balaban J connectivity index is 1.47. The number of aromatic nitrogens is 2. The number of ether oxygens (including phenoxy) is 2. The predicted octanol–water partition coefficient (Wildman–Crippen LogP) is 2.70. The lowest BCUT2D eigenvalue weighted by molar-refractivity contribution is -0.127. The molecule has 0 saturated heterocycles. The highest BCUT2D eigenvalue weighted by Crippen LogP contribution is 2.18. The normalized spacial score (nSPS) is 11.9. The number of rotatable bonds is 7. The smallest absolute Gasteiger partial charge is 0.260 e. The summed E-state index contributed by atoms with van der Waals surface area (Å²) in [6.07, 6.45) is 0.0550. The second kappa shape index (κ2) is 7.70. The molecule has 0 aliphatic heterocycles. The molecule has 3 rings (SSSR count). The zero-order valence-corrected chi connectivity index (χ0v) is 14.3. The Morgan fingerprint density at radius 1 is 1.16 bits per heavy atom. The van der Waals surface area contributed by atoms with E-state index in [2.05, 4.69) is 15.3 Å². The molecule has 0 aliphatic carbocycles. The van der Waals surface area contributed by atoms with Crippen LogP contribution in [0.3, 0.4) is 0 Å². The van der Waals surface area contributed by atoms with Crippen molar-refractivity contribution in [3.8, 4) is 11.5 Å². The lowest BCUT2D eigenvalue weighted by atomic mass is 10.3. The van der Waals surface area contributed by atoms with Gasteiger partial charge in [0.2, 0.25) is 0 Å². The van der Waals surface area contributed by atoms with E-state index in [0.717, 1.165) is 22.6 Å². The number of hydrogen-bond donors (Lipinski definition) is 2. The predicted molar refractivity (Wildman–Crippen MR) is 95.9 cm³/mol. The Kier molecular flexibility index (Phi) is 5.18. The Morgan fingerprint density at radius 2 is 1.88 bits per heavy atom. The van der Waals surface area contributed by atoms with Gasteiger partial charge in [-0.15, -0.1) is 0 Å². The number of nitrogens with zero attached hydrogens (tertiary/aromatic N) is 1. The van der Waals surface area contributed by atoms with Crippen molar-refractivity contribution in [2.75, 3.05) is 13.7 Å². The summed E-state index contributed by atoms with van der Waals surface area (Å²) in [6, 6.07) is 15.0. The van der Waals surface area contributed by atoms with Crippen molar-refractivity contribution in [3.05, 3.63) is 54.4 Å². The van der Waals surface area contributed by atoms with Gasteiger partial charge in [0.15, 0.2) is 6.10 Å². The van der Waals surface area contributed by atoms with Gasteiger partial charge >= 0.3 is 0 Å². The van der Waals surface area contributed by atoms with Crippen LogP contribution in [0, 0.1) is 0 Å². The van der Waals surface area contributed by atoms with Gasteiger partial charge < -0.3 is 19.8 Å². The van der Waals surface area contributed by atoms with Gasteiger partial charge in [0.05, 0.1) is 18.1 Å². The van der Waals surface area contributed by atoms with Crippen LogP contribution in [0.15, 0.2) is 48.5 Å². The number of aromatic amines is 1. The molecule has 0 aliphatic rings. The molecular weight excluding hydrogens is 318 g/mol. The summed E-state index contributed by atoms with van der Waals surface area (Å²) in [5.41, 5.74) is 1.93. The SMILES string of the molecule is COc1ccc(O[C@H](C)C(=O)NCCc2nc3ccccc3[nH]2)cc1. The first-order chi connectivity index (χ1) is 12.2. The Bertz CT molecular complexity index is 810. The third-order valence-electron chi connectivity index (χ3n) is 3.84. The number of amides is 1. The average molecular weight is 339 g/mol. The van der Waals surface area contributed by atoms with E-state index in [1.165, 1.54) is 0 Å². The van der Waals surface area contributed by atoms with E-state index in [1.807, 2.05) is 24.3 Å². The molecular formula is C19H21N3O3. The van der Waals surface area contributed by atoms with Crippen LogP contribution in [0.2, 0.25) is 0 Å².